The molecule has 1 aliphatic carbocycles. The lowest BCUT2D eigenvalue weighted by Gasteiger charge is -2.28. The molecule has 0 heterocycles. The summed E-state index contributed by atoms with van der Waals surface area (Å²) in [6, 6.07) is 6.85. The van der Waals surface area contributed by atoms with Crippen molar-refractivity contribution in [2.24, 2.45) is 5.92 Å². The molecule has 0 aromatic heterocycles. The molecule has 0 aliphatic heterocycles. The topological polar surface area (TPSA) is 55.4 Å². The number of hydrogen-bond acceptors (Lipinski definition) is 3. The Morgan fingerprint density at radius 2 is 1.67 bits per heavy atom. The van der Waals surface area contributed by atoms with Gasteiger partial charge in [0, 0.05) is 11.6 Å². The number of rotatable bonds is 4. The van der Waals surface area contributed by atoms with Crippen LogP contribution in [0.25, 0.3) is 0 Å². The summed E-state index contributed by atoms with van der Waals surface area (Å²) >= 11 is 0. The Morgan fingerprint density at radius 3 is 2.19 bits per heavy atom. The Hall–Kier alpha value is -1.84. The molecule has 21 heavy (non-hydrogen) atoms. The highest BCUT2D eigenvalue weighted by Gasteiger charge is 2.21. The van der Waals surface area contributed by atoms with Crippen molar-refractivity contribution in [3.05, 3.63) is 35.4 Å². The first kappa shape index (κ1) is 15.5. The molecule has 1 aromatic carbocycles. The second-order valence-electron chi connectivity index (χ2n) is 5.67. The molecule has 1 N–H and O–H groups in total. The maximum absolute atomic E-state index is 12.2. The summed E-state index contributed by atoms with van der Waals surface area (Å²) in [5, 5.41) is 3.09. The van der Waals surface area contributed by atoms with Gasteiger partial charge in [-0.2, -0.15) is 0 Å². The number of benzene rings is 1. The fourth-order valence-corrected chi connectivity index (χ4v) is 2.86. The predicted molar refractivity (Wildman–Crippen MR) is 81.3 cm³/mol. The Morgan fingerprint density at radius 1 is 1.10 bits per heavy atom. The molecule has 114 valence electrons. The van der Waals surface area contributed by atoms with E-state index in [0.29, 0.717) is 11.1 Å². The number of methoxy groups -OCH3 is 1. The molecule has 4 heteroatoms. The summed E-state index contributed by atoms with van der Waals surface area (Å²) in [7, 11) is 1.34. The quantitative estimate of drug-likeness (QED) is 0.866. The minimum absolute atomic E-state index is 0.0636. The van der Waals surface area contributed by atoms with Crippen molar-refractivity contribution < 1.29 is 14.3 Å². The van der Waals surface area contributed by atoms with Crippen molar-refractivity contribution in [2.75, 3.05) is 7.11 Å². The monoisotopic (exact) mass is 289 g/mol. The van der Waals surface area contributed by atoms with E-state index in [4.69, 9.17) is 0 Å². The Balaban J connectivity index is 1.90. The molecule has 2 rings (SSSR count). The molecule has 1 fully saturated rings. The van der Waals surface area contributed by atoms with Crippen LogP contribution < -0.4 is 5.32 Å². The van der Waals surface area contributed by atoms with E-state index in [0.717, 1.165) is 18.8 Å². The molecule has 1 aromatic rings. The highest BCUT2D eigenvalue weighted by atomic mass is 16.5. The highest BCUT2D eigenvalue weighted by Crippen LogP contribution is 2.26. The van der Waals surface area contributed by atoms with Crippen molar-refractivity contribution in [3.63, 3.8) is 0 Å². The van der Waals surface area contributed by atoms with Crippen LogP contribution >= 0.6 is 0 Å². The van der Waals surface area contributed by atoms with E-state index < -0.39 is 0 Å². The van der Waals surface area contributed by atoms with Gasteiger partial charge in [-0.25, -0.2) is 4.79 Å². The molecule has 1 saturated carbocycles. The Kier molecular flexibility index (Phi) is 5.37. The van der Waals surface area contributed by atoms with Gasteiger partial charge in [0.2, 0.25) is 0 Å². The number of amides is 1. The van der Waals surface area contributed by atoms with Crippen molar-refractivity contribution >= 4 is 11.9 Å². The van der Waals surface area contributed by atoms with Gasteiger partial charge in [0.25, 0.3) is 5.91 Å². The average molecular weight is 289 g/mol. The van der Waals surface area contributed by atoms with Gasteiger partial charge in [-0.15, -0.1) is 0 Å². The first-order chi connectivity index (χ1) is 10.1. The van der Waals surface area contributed by atoms with Crippen molar-refractivity contribution in [2.45, 2.75) is 45.1 Å². The van der Waals surface area contributed by atoms with Crippen molar-refractivity contribution in [3.8, 4) is 0 Å². The Bertz CT molecular complexity index is 487. The lowest BCUT2D eigenvalue weighted by molar-refractivity contribution is 0.0600. The largest absolute Gasteiger partial charge is 0.465 e. The van der Waals surface area contributed by atoms with Gasteiger partial charge < -0.3 is 10.1 Å². The van der Waals surface area contributed by atoms with Crippen LogP contribution in [0.2, 0.25) is 0 Å². The molecule has 4 nitrogen and oxygen atoms in total. The van der Waals surface area contributed by atoms with Crippen LogP contribution in [0.1, 0.15) is 59.7 Å². The summed E-state index contributed by atoms with van der Waals surface area (Å²) in [6.45, 7) is 2.23. The summed E-state index contributed by atoms with van der Waals surface area (Å²) < 4.78 is 4.64. The second-order valence-corrected chi connectivity index (χ2v) is 5.67. The lowest BCUT2D eigenvalue weighted by atomic mass is 9.84. The third kappa shape index (κ3) is 4.06. The zero-order valence-corrected chi connectivity index (χ0v) is 12.7. The maximum atomic E-state index is 12.2. The minimum Gasteiger partial charge on any atom is -0.465 e. The number of carbonyl (C=O) groups excluding carboxylic acids is 2. The van der Waals surface area contributed by atoms with E-state index in [-0.39, 0.29) is 17.9 Å². The Labute approximate surface area is 125 Å². The summed E-state index contributed by atoms with van der Waals surface area (Å²) in [6.07, 6.45) is 5.75. The number of ether oxygens (including phenoxy) is 1. The van der Waals surface area contributed by atoms with E-state index >= 15 is 0 Å². The van der Waals surface area contributed by atoms with Crippen molar-refractivity contribution in [1.82, 2.24) is 5.32 Å². The molecule has 0 radical (unpaired) electrons. The van der Waals surface area contributed by atoms with Crippen LogP contribution in [0.3, 0.4) is 0 Å². The highest BCUT2D eigenvalue weighted by molar-refractivity contribution is 5.96. The van der Waals surface area contributed by atoms with Gasteiger partial charge in [0.15, 0.2) is 0 Å². The van der Waals surface area contributed by atoms with Crippen LogP contribution in [-0.4, -0.2) is 25.0 Å². The van der Waals surface area contributed by atoms with E-state index in [2.05, 4.69) is 17.0 Å². The van der Waals surface area contributed by atoms with Gasteiger partial charge >= 0.3 is 5.97 Å². The van der Waals surface area contributed by atoms with E-state index in [1.54, 1.807) is 24.3 Å². The van der Waals surface area contributed by atoms with Gasteiger partial charge in [-0.05, 0) is 55.9 Å². The van der Waals surface area contributed by atoms with Crippen LogP contribution in [-0.2, 0) is 4.74 Å². The van der Waals surface area contributed by atoms with Gasteiger partial charge in [0.05, 0.1) is 12.7 Å². The fourth-order valence-electron chi connectivity index (χ4n) is 2.86. The smallest absolute Gasteiger partial charge is 0.337 e. The number of carbonyl (C=O) groups is 2. The normalized spacial score (nSPS) is 21.6. The molecular formula is C17H23NO3. The van der Waals surface area contributed by atoms with Crippen LogP contribution in [0.5, 0.6) is 0 Å². The molecular weight excluding hydrogens is 266 g/mol. The number of hydrogen-bond donors (Lipinski definition) is 1. The molecule has 0 atom stereocenters. The minimum atomic E-state index is -0.389. The summed E-state index contributed by atoms with van der Waals surface area (Å²) in [4.78, 5) is 23.5. The number of nitrogens with one attached hydrogen (secondary N) is 1. The van der Waals surface area contributed by atoms with Crippen LogP contribution in [0.4, 0.5) is 0 Å². The molecule has 0 unspecified atom stereocenters. The predicted octanol–water partition coefficient (Wildman–Crippen LogP) is 3.17. The maximum Gasteiger partial charge on any atom is 0.337 e. The zero-order valence-electron chi connectivity index (χ0n) is 12.7. The third-order valence-electron chi connectivity index (χ3n) is 4.33. The second kappa shape index (κ2) is 7.25. The first-order valence-electron chi connectivity index (χ1n) is 7.63. The number of esters is 1. The van der Waals surface area contributed by atoms with Crippen LogP contribution in [0, 0.1) is 5.92 Å². The third-order valence-corrected chi connectivity index (χ3v) is 4.33. The SMILES string of the molecule is CCC1CCC(NC(=O)c2ccc(C(=O)OC)cc2)CC1. The lowest BCUT2D eigenvalue weighted by Crippen LogP contribution is -2.37. The summed E-state index contributed by atoms with van der Waals surface area (Å²) in [5.74, 6) is 0.365. The molecule has 0 bridgehead atoms. The van der Waals surface area contributed by atoms with E-state index in [1.165, 1.54) is 26.4 Å². The average Bonchev–Trinajstić information content (AvgIpc) is 2.55. The molecule has 1 amide bonds. The van der Waals surface area contributed by atoms with E-state index in [1.807, 2.05) is 0 Å². The van der Waals surface area contributed by atoms with Gasteiger partial charge in [-0.3, -0.25) is 4.79 Å². The summed E-state index contributed by atoms with van der Waals surface area (Å²) in [5.41, 5.74) is 1.04. The first-order valence-corrected chi connectivity index (χ1v) is 7.63. The molecule has 1 aliphatic rings. The van der Waals surface area contributed by atoms with Crippen molar-refractivity contribution in [1.29, 1.82) is 0 Å². The standard InChI is InChI=1S/C17H23NO3/c1-3-12-4-10-15(11-5-12)18-16(19)13-6-8-14(9-7-13)17(20)21-2/h6-9,12,15H,3-5,10-11H2,1-2H3,(H,18,19). The fraction of sp³-hybridized carbons (Fsp3) is 0.529. The molecule has 0 saturated heterocycles. The zero-order chi connectivity index (χ0) is 15.2. The van der Waals surface area contributed by atoms with Gasteiger partial charge in [-0.1, -0.05) is 13.3 Å². The van der Waals surface area contributed by atoms with Gasteiger partial charge in [0.1, 0.15) is 0 Å². The van der Waals surface area contributed by atoms with E-state index in [9.17, 15) is 9.59 Å². The molecule has 0 spiro atoms. The van der Waals surface area contributed by atoms with Crippen LogP contribution in [0.15, 0.2) is 24.3 Å².